The van der Waals surface area contributed by atoms with Gasteiger partial charge in [0.05, 0.1) is 0 Å². The molecule has 0 atom stereocenters. The zero-order chi connectivity index (χ0) is 3.58. The quantitative estimate of drug-likeness (QED) is 0.594. The van der Waals surface area contributed by atoms with E-state index in [0.29, 0.717) is 0 Å². The van der Waals surface area contributed by atoms with E-state index in [-0.39, 0.29) is 20.4 Å². The van der Waals surface area contributed by atoms with E-state index in [9.17, 15) is 0 Å². The van der Waals surface area contributed by atoms with Crippen LogP contribution in [0.3, 0.4) is 0 Å². The zero-order valence-corrected chi connectivity index (χ0v) is 5.84. The van der Waals surface area contributed by atoms with Gasteiger partial charge in [0, 0.05) is 20.4 Å². The van der Waals surface area contributed by atoms with Crippen molar-refractivity contribution in [3.05, 3.63) is 0 Å². The van der Waals surface area contributed by atoms with Gasteiger partial charge in [-0.05, 0) is 12.2 Å². The molecule has 0 saturated heterocycles. The van der Waals surface area contributed by atoms with Crippen molar-refractivity contribution >= 4 is 17.4 Å². The van der Waals surface area contributed by atoms with E-state index in [0.717, 1.165) is 0 Å². The number of aliphatic hydroxyl groups is 1. The summed E-state index contributed by atoms with van der Waals surface area (Å²) in [6.07, 6.45) is 0. The van der Waals surface area contributed by atoms with E-state index in [1.807, 2.05) is 0 Å². The molecule has 0 unspecified atom stereocenters. The summed E-state index contributed by atoms with van der Waals surface area (Å²) in [6.45, 7) is 0. The Kier molecular flexibility index (Phi) is 7.85. The van der Waals surface area contributed by atoms with Gasteiger partial charge >= 0.3 is 0 Å². The van der Waals surface area contributed by atoms with Crippen molar-refractivity contribution in [3.63, 3.8) is 0 Å². The van der Waals surface area contributed by atoms with E-state index < -0.39 is 5.17 Å². The molecule has 0 heterocycles. The molecular formula is CH3NOReS. The smallest absolute Gasteiger partial charge is 0.251 e. The summed E-state index contributed by atoms with van der Waals surface area (Å²) in [4.78, 5) is 0. The summed E-state index contributed by atoms with van der Waals surface area (Å²) >= 11 is 3.87. The monoisotopic (exact) mass is 264 g/mol. The number of thiocarbonyl (C=S) groups is 1. The van der Waals surface area contributed by atoms with Crippen molar-refractivity contribution < 1.29 is 25.5 Å². The largest absolute Gasteiger partial charge is 0.487 e. The molecule has 0 aromatic heterocycles. The Morgan fingerprint density at radius 2 is 1.80 bits per heavy atom. The van der Waals surface area contributed by atoms with E-state index in [1.54, 1.807) is 0 Å². The molecular weight excluding hydrogens is 260 g/mol. The Morgan fingerprint density at radius 3 is 1.80 bits per heavy atom. The fourth-order valence-electron chi connectivity index (χ4n) is 0. The third kappa shape index (κ3) is 194. The molecule has 0 aliphatic carbocycles. The van der Waals surface area contributed by atoms with Crippen LogP contribution in [0.25, 0.3) is 0 Å². The summed E-state index contributed by atoms with van der Waals surface area (Å²) in [5.74, 6) is 0. The first-order valence-electron chi connectivity index (χ1n) is 0.716. The van der Waals surface area contributed by atoms with Crippen LogP contribution >= 0.6 is 12.2 Å². The molecule has 2 nitrogen and oxygen atoms in total. The number of hydrogen-bond donors (Lipinski definition) is 2. The molecule has 0 fully saturated rings. The molecule has 3 N–H and O–H groups in total. The van der Waals surface area contributed by atoms with Crippen LogP contribution in [0.4, 0.5) is 0 Å². The van der Waals surface area contributed by atoms with Crippen LogP contribution in [-0.4, -0.2) is 10.3 Å². The molecule has 0 saturated carbocycles. The third-order valence-electron chi connectivity index (χ3n) is 0. The first-order valence-corrected chi connectivity index (χ1v) is 1.12. The topological polar surface area (TPSA) is 46.2 Å². The van der Waals surface area contributed by atoms with Gasteiger partial charge in [-0.3, -0.25) is 0 Å². The van der Waals surface area contributed by atoms with Crippen LogP contribution in [-0.2, 0) is 20.4 Å². The fraction of sp³-hybridized carbons (Fsp3) is 0. The van der Waals surface area contributed by atoms with Crippen molar-refractivity contribution in [1.29, 1.82) is 0 Å². The third-order valence-corrected chi connectivity index (χ3v) is 0. The summed E-state index contributed by atoms with van der Waals surface area (Å²) in [5.41, 5.74) is 4.40. The number of nitrogens with two attached hydrogens (primary N) is 1. The fourth-order valence-corrected chi connectivity index (χ4v) is 0. The molecule has 0 rings (SSSR count). The van der Waals surface area contributed by atoms with E-state index >= 15 is 0 Å². The molecule has 0 aromatic rings. The molecule has 1 radical (unpaired) electrons. The van der Waals surface area contributed by atoms with Crippen LogP contribution in [0.5, 0.6) is 0 Å². The van der Waals surface area contributed by atoms with Crippen LogP contribution < -0.4 is 5.73 Å². The zero-order valence-electron chi connectivity index (χ0n) is 2.31. The van der Waals surface area contributed by atoms with Crippen LogP contribution in [0.15, 0.2) is 0 Å². The Labute approximate surface area is 49.0 Å². The molecule has 0 aromatic carbocycles. The predicted molar refractivity (Wildman–Crippen MR) is 19.4 cm³/mol. The maximum absolute atomic E-state index is 7.56. The van der Waals surface area contributed by atoms with Gasteiger partial charge in [0.15, 0.2) is 0 Å². The van der Waals surface area contributed by atoms with Gasteiger partial charge in [0.1, 0.15) is 0 Å². The molecule has 0 aliphatic rings. The minimum Gasteiger partial charge on any atom is -0.487 e. The van der Waals surface area contributed by atoms with E-state index in [1.165, 1.54) is 0 Å². The molecule has 0 bridgehead atoms. The van der Waals surface area contributed by atoms with Crippen LogP contribution in [0.1, 0.15) is 0 Å². The number of hydrogen-bond acceptors (Lipinski definition) is 1. The van der Waals surface area contributed by atoms with Gasteiger partial charge in [0.2, 0.25) is 0 Å². The van der Waals surface area contributed by atoms with Crippen molar-refractivity contribution in [1.82, 2.24) is 0 Å². The van der Waals surface area contributed by atoms with Crippen molar-refractivity contribution in [2.24, 2.45) is 5.73 Å². The molecule has 31 valence electrons. The molecule has 5 heavy (non-hydrogen) atoms. The SMILES string of the molecule is NC(O)=S.[Re]. The second-order valence-corrected chi connectivity index (χ2v) is 0.757. The normalized spacial score (nSPS) is 4.80. The van der Waals surface area contributed by atoms with Gasteiger partial charge in [0.25, 0.3) is 5.17 Å². The molecule has 0 aliphatic heterocycles. The Morgan fingerprint density at radius 1 is 1.80 bits per heavy atom. The minimum atomic E-state index is -0.500. The minimum absolute atomic E-state index is 0. The second kappa shape index (κ2) is 4.35. The summed E-state index contributed by atoms with van der Waals surface area (Å²) in [5, 5.41) is 7.06. The summed E-state index contributed by atoms with van der Waals surface area (Å²) in [7, 11) is 0. The predicted octanol–water partition coefficient (Wildman–Crippen LogP) is -0.214. The van der Waals surface area contributed by atoms with Crippen molar-refractivity contribution in [2.45, 2.75) is 0 Å². The van der Waals surface area contributed by atoms with Gasteiger partial charge < -0.3 is 10.8 Å². The molecule has 0 spiro atoms. The van der Waals surface area contributed by atoms with Gasteiger partial charge in [-0.25, -0.2) is 0 Å². The first kappa shape index (κ1) is 9.02. The number of aliphatic hydroxyl groups excluding tert-OH is 1. The van der Waals surface area contributed by atoms with E-state index in [4.69, 9.17) is 5.11 Å². The molecule has 0 amide bonds. The Bertz CT molecular complexity index is 34.6. The van der Waals surface area contributed by atoms with Gasteiger partial charge in [-0.15, -0.1) is 0 Å². The summed E-state index contributed by atoms with van der Waals surface area (Å²) < 4.78 is 0. The van der Waals surface area contributed by atoms with Gasteiger partial charge in [-0.1, -0.05) is 0 Å². The average molecular weight is 263 g/mol. The average Bonchev–Trinajstić information content (AvgIpc) is 0.811. The summed E-state index contributed by atoms with van der Waals surface area (Å²) in [6, 6.07) is 0. The van der Waals surface area contributed by atoms with Gasteiger partial charge in [-0.2, -0.15) is 0 Å². The Hall–Kier alpha value is 0.352. The maximum Gasteiger partial charge on any atom is 0.251 e. The second-order valence-electron chi connectivity index (χ2n) is 0.338. The van der Waals surface area contributed by atoms with Crippen LogP contribution in [0, 0.1) is 0 Å². The van der Waals surface area contributed by atoms with E-state index in [2.05, 4.69) is 18.0 Å². The van der Waals surface area contributed by atoms with Crippen molar-refractivity contribution in [2.75, 3.05) is 0 Å². The molecule has 4 heteroatoms. The Balaban J connectivity index is 0. The number of rotatable bonds is 0. The van der Waals surface area contributed by atoms with Crippen molar-refractivity contribution in [3.8, 4) is 0 Å². The maximum atomic E-state index is 7.56. The first-order chi connectivity index (χ1) is 1.73. The van der Waals surface area contributed by atoms with Crippen LogP contribution in [0.2, 0.25) is 0 Å². The standard InChI is InChI=1S/CH3NOS.Re/c2-1(3)4;/h(H3,2,3,4);.